The second-order valence-electron chi connectivity index (χ2n) is 3.24. The van der Waals surface area contributed by atoms with Gasteiger partial charge in [0.15, 0.2) is 0 Å². The molecule has 0 aromatic carbocycles. The minimum atomic E-state index is 0.766. The SMILES string of the molecule is CC.CC.CNC1CCC(CN)CC1. The third-order valence-corrected chi connectivity index (χ3v) is 2.59. The van der Waals surface area contributed by atoms with Gasteiger partial charge in [-0.1, -0.05) is 27.7 Å². The normalized spacial score (nSPS) is 25.3. The van der Waals surface area contributed by atoms with E-state index in [4.69, 9.17) is 5.73 Å². The summed E-state index contributed by atoms with van der Waals surface area (Å²) < 4.78 is 0. The van der Waals surface area contributed by atoms with Crippen LogP contribution in [0.2, 0.25) is 0 Å². The van der Waals surface area contributed by atoms with Crippen LogP contribution in [0.4, 0.5) is 0 Å². The third kappa shape index (κ3) is 7.34. The van der Waals surface area contributed by atoms with Gasteiger partial charge in [0.2, 0.25) is 0 Å². The molecule has 1 aliphatic rings. The van der Waals surface area contributed by atoms with E-state index in [2.05, 4.69) is 5.32 Å². The minimum absolute atomic E-state index is 0.766. The maximum atomic E-state index is 5.57. The molecule has 0 spiro atoms. The Hall–Kier alpha value is -0.0800. The lowest BCUT2D eigenvalue weighted by Gasteiger charge is -2.26. The van der Waals surface area contributed by atoms with E-state index in [1.54, 1.807) is 0 Å². The highest BCUT2D eigenvalue weighted by Gasteiger charge is 2.17. The van der Waals surface area contributed by atoms with Crippen LogP contribution in [0, 0.1) is 5.92 Å². The van der Waals surface area contributed by atoms with E-state index in [-0.39, 0.29) is 0 Å². The zero-order chi connectivity index (χ0) is 11.4. The molecule has 0 aromatic rings. The Morgan fingerprint density at radius 1 is 1.00 bits per heavy atom. The van der Waals surface area contributed by atoms with Gasteiger partial charge < -0.3 is 11.1 Å². The van der Waals surface area contributed by atoms with E-state index in [1.165, 1.54) is 25.7 Å². The summed E-state index contributed by atoms with van der Waals surface area (Å²) in [4.78, 5) is 0. The molecule has 14 heavy (non-hydrogen) atoms. The predicted molar refractivity (Wildman–Crippen MR) is 66.6 cm³/mol. The Kier molecular flexibility index (Phi) is 15.1. The van der Waals surface area contributed by atoms with Crippen molar-refractivity contribution in [2.75, 3.05) is 13.6 Å². The summed E-state index contributed by atoms with van der Waals surface area (Å²) in [5.74, 6) is 0.810. The number of hydrogen-bond acceptors (Lipinski definition) is 2. The van der Waals surface area contributed by atoms with Crippen LogP contribution in [-0.4, -0.2) is 19.6 Å². The van der Waals surface area contributed by atoms with Crippen molar-refractivity contribution in [1.29, 1.82) is 0 Å². The van der Waals surface area contributed by atoms with Crippen LogP contribution in [0.1, 0.15) is 53.4 Å². The number of nitrogens with one attached hydrogen (secondary N) is 1. The van der Waals surface area contributed by atoms with Crippen LogP contribution >= 0.6 is 0 Å². The lowest BCUT2D eigenvalue weighted by atomic mass is 9.86. The van der Waals surface area contributed by atoms with Gasteiger partial charge in [-0.15, -0.1) is 0 Å². The van der Waals surface area contributed by atoms with Crippen LogP contribution in [0.5, 0.6) is 0 Å². The Morgan fingerprint density at radius 2 is 1.43 bits per heavy atom. The molecule has 0 aliphatic heterocycles. The average molecular weight is 202 g/mol. The highest BCUT2D eigenvalue weighted by atomic mass is 14.9. The summed E-state index contributed by atoms with van der Waals surface area (Å²) in [6.07, 6.45) is 5.28. The van der Waals surface area contributed by atoms with Crippen LogP contribution in [0.25, 0.3) is 0 Å². The van der Waals surface area contributed by atoms with Crippen molar-refractivity contribution in [1.82, 2.24) is 5.32 Å². The lowest BCUT2D eigenvalue weighted by molar-refractivity contribution is 0.307. The van der Waals surface area contributed by atoms with Crippen molar-refractivity contribution in [3.05, 3.63) is 0 Å². The molecule has 1 rings (SSSR count). The summed E-state index contributed by atoms with van der Waals surface area (Å²) in [6.45, 7) is 8.89. The molecule has 0 atom stereocenters. The summed E-state index contributed by atoms with van der Waals surface area (Å²) in [7, 11) is 2.05. The fraction of sp³-hybridized carbons (Fsp3) is 1.00. The van der Waals surface area contributed by atoms with Crippen LogP contribution in [0.3, 0.4) is 0 Å². The van der Waals surface area contributed by atoms with E-state index in [9.17, 15) is 0 Å². The Balaban J connectivity index is 0. The van der Waals surface area contributed by atoms with Crippen molar-refractivity contribution in [3.8, 4) is 0 Å². The molecule has 1 saturated carbocycles. The molecule has 88 valence electrons. The molecule has 0 amide bonds. The maximum absolute atomic E-state index is 5.57. The fourth-order valence-corrected chi connectivity index (χ4v) is 1.69. The molecule has 0 unspecified atom stereocenters. The summed E-state index contributed by atoms with van der Waals surface area (Å²) in [5, 5.41) is 3.31. The van der Waals surface area contributed by atoms with Crippen molar-refractivity contribution >= 4 is 0 Å². The van der Waals surface area contributed by atoms with Crippen LogP contribution < -0.4 is 11.1 Å². The standard InChI is InChI=1S/C8H18N2.2C2H6/c1-10-8-4-2-7(6-9)3-5-8;2*1-2/h7-8,10H,2-6,9H2,1H3;2*1-2H3. The van der Waals surface area contributed by atoms with E-state index in [0.29, 0.717) is 0 Å². The first kappa shape index (κ1) is 16.4. The smallest absolute Gasteiger partial charge is 0.00642 e. The van der Waals surface area contributed by atoms with Gasteiger partial charge in [0, 0.05) is 6.04 Å². The molecule has 1 fully saturated rings. The second kappa shape index (κ2) is 12.9. The van der Waals surface area contributed by atoms with Gasteiger partial charge in [-0.2, -0.15) is 0 Å². The molecular formula is C12H30N2. The summed E-state index contributed by atoms with van der Waals surface area (Å²) >= 11 is 0. The van der Waals surface area contributed by atoms with Gasteiger partial charge in [-0.25, -0.2) is 0 Å². The van der Waals surface area contributed by atoms with Gasteiger partial charge in [-0.05, 0) is 45.2 Å². The third-order valence-electron chi connectivity index (χ3n) is 2.59. The number of nitrogens with two attached hydrogens (primary N) is 1. The highest BCUT2D eigenvalue weighted by Crippen LogP contribution is 2.22. The average Bonchev–Trinajstić information content (AvgIpc) is 2.34. The van der Waals surface area contributed by atoms with E-state index in [1.807, 2.05) is 34.7 Å². The topological polar surface area (TPSA) is 38.0 Å². The van der Waals surface area contributed by atoms with E-state index in [0.717, 1.165) is 18.5 Å². The van der Waals surface area contributed by atoms with Crippen molar-refractivity contribution < 1.29 is 0 Å². The summed E-state index contributed by atoms with van der Waals surface area (Å²) in [6, 6.07) is 0.766. The minimum Gasteiger partial charge on any atom is -0.330 e. The molecule has 0 heterocycles. The second-order valence-corrected chi connectivity index (χ2v) is 3.24. The van der Waals surface area contributed by atoms with Crippen LogP contribution in [-0.2, 0) is 0 Å². The molecule has 0 bridgehead atoms. The zero-order valence-corrected chi connectivity index (χ0v) is 10.8. The predicted octanol–water partition coefficient (Wildman–Crippen LogP) is 2.78. The molecule has 0 radical (unpaired) electrons. The van der Waals surface area contributed by atoms with E-state index >= 15 is 0 Å². The molecule has 2 heteroatoms. The zero-order valence-electron chi connectivity index (χ0n) is 10.8. The van der Waals surface area contributed by atoms with Gasteiger partial charge in [0.25, 0.3) is 0 Å². The summed E-state index contributed by atoms with van der Waals surface area (Å²) in [5.41, 5.74) is 5.57. The Morgan fingerprint density at radius 3 is 1.71 bits per heavy atom. The molecule has 0 saturated heterocycles. The van der Waals surface area contributed by atoms with Gasteiger partial charge in [0.05, 0.1) is 0 Å². The maximum Gasteiger partial charge on any atom is 0.00642 e. The molecular weight excluding hydrogens is 172 g/mol. The molecule has 0 aromatic heterocycles. The largest absolute Gasteiger partial charge is 0.330 e. The number of hydrogen-bond donors (Lipinski definition) is 2. The molecule has 2 nitrogen and oxygen atoms in total. The first-order valence-corrected chi connectivity index (χ1v) is 6.24. The van der Waals surface area contributed by atoms with Crippen LogP contribution in [0.15, 0.2) is 0 Å². The monoisotopic (exact) mass is 202 g/mol. The lowest BCUT2D eigenvalue weighted by Crippen LogP contribution is -2.32. The van der Waals surface area contributed by atoms with Gasteiger partial charge in [-0.3, -0.25) is 0 Å². The van der Waals surface area contributed by atoms with E-state index < -0.39 is 0 Å². The Bertz CT molecular complexity index is 74.3. The Labute approximate surface area is 90.6 Å². The van der Waals surface area contributed by atoms with Crippen molar-refractivity contribution in [2.45, 2.75) is 59.4 Å². The van der Waals surface area contributed by atoms with Crippen molar-refractivity contribution in [3.63, 3.8) is 0 Å². The van der Waals surface area contributed by atoms with Crippen molar-refractivity contribution in [2.24, 2.45) is 11.7 Å². The van der Waals surface area contributed by atoms with Gasteiger partial charge >= 0.3 is 0 Å². The highest BCUT2D eigenvalue weighted by molar-refractivity contribution is 4.75. The quantitative estimate of drug-likeness (QED) is 0.722. The molecule has 1 aliphatic carbocycles. The van der Waals surface area contributed by atoms with Gasteiger partial charge in [0.1, 0.15) is 0 Å². The first-order chi connectivity index (χ1) is 6.86. The molecule has 3 N–H and O–H groups in total. The first-order valence-electron chi connectivity index (χ1n) is 6.24. The fourth-order valence-electron chi connectivity index (χ4n) is 1.69. The number of rotatable bonds is 2.